The molecule has 1 saturated heterocycles. The topological polar surface area (TPSA) is 57.4 Å². The monoisotopic (exact) mass is 487 g/mol. The highest BCUT2D eigenvalue weighted by Crippen LogP contribution is 2.27. The van der Waals surface area contributed by atoms with Crippen molar-refractivity contribution in [3.05, 3.63) is 68.8 Å². The van der Waals surface area contributed by atoms with Gasteiger partial charge in [-0.15, -0.1) is 0 Å². The first-order valence-electron chi connectivity index (χ1n) is 9.93. The van der Waals surface area contributed by atoms with Crippen LogP contribution >= 0.6 is 27.5 Å². The number of carbonyl (C=O) groups is 1. The molecular formula is C23H23BrClN3O2. The summed E-state index contributed by atoms with van der Waals surface area (Å²) >= 11 is 9.48. The summed E-state index contributed by atoms with van der Waals surface area (Å²) < 4.78 is 6.34. The highest BCUT2D eigenvalue weighted by atomic mass is 79.9. The zero-order chi connectivity index (χ0) is 20.9. The van der Waals surface area contributed by atoms with Gasteiger partial charge in [0, 0.05) is 46.6 Å². The van der Waals surface area contributed by atoms with Crippen molar-refractivity contribution in [2.75, 3.05) is 39.4 Å². The quantitative estimate of drug-likeness (QED) is 0.523. The van der Waals surface area contributed by atoms with E-state index < -0.39 is 0 Å². The van der Waals surface area contributed by atoms with Gasteiger partial charge in [-0.1, -0.05) is 51.8 Å². The Bertz CT molecular complexity index is 1060. The minimum Gasteiger partial charge on any atom is -0.379 e. The smallest absolute Gasteiger partial charge is 0.254 e. The third-order valence-corrected chi connectivity index (χ3v) is 5.89. The number of ether oxygens (including phenoxy) is 1. The molecule has 1 fully saturated rings. The van der Waals surface area contributed by atoms with E-state index in [-0.39, 0.29) is 5.91 Å². The van der Waals surface area contributed by atoms with Gasteiger partial charge in [-0.05, 0) is 35.9 Å². The maximum absolute atomic E-state index is 13.1. The Hall–Kier alpha value is -2.12. The van der Waals surface area contributed by atoms with Gasteiger partial charge in [0.05, 0.1) is 24.5 Å². The summed E-state index contributed by atoms with van der Waals surface area (Å²) in [7, 11) is 0. The van der Waals surface area contributed by atoms with Crippen molar-refractivity contribution in [3.63, 3.8) is 0 Å². The lowest BCUT2D eigenvalue weighted by Crippen LogP contribution is -2.41. The van der Waals surface area contributed by atoms with E-state index >= 15 is 0 Å². The lowest BCUT2D eigenvalue weighted by atomic mass is 10.1. The van der Waals surface area contributed by atoms with Gasteiger partial charge in [0.15, 0.2) is 0 Å². The number of fused-ring (bicyclic) bond motifs is 1. The number of carbonyl (C=O) groups excluding carboxylic acids is 1. The molecule has 2 aromatic carbocycles. The lowest BCUT2D eigenvalue weighted by molar-refractivity contribution is 0.0383. The van der Waals surface area contributed by atoms with Crippen molar-refractivity contribution < 1.29 is 9.53 Å². The second-order valence-corrected chi connectivity index (χ2v) is 8.55. The molecule has 2 heterocycles. The maximum Gasteiger partial charge on any atom is 0.254 e. The normalized spacial score (nSPS) is 15.1. The molecule has 1 amide bonds. The third-order valence-electron chi connectivity index (χ3n) is 5.15. The number of rotatable bonds is 6. The van der Waals surface area contributed by atoms with Crippen molar-refractivity contribution in [2.24, 2.45) is 0 Å². The summed E-state index contributed by atoms with van der Waals surface area (Å²) in [4.78, 5) is 18.8. The van der Waals surface area contributed by atoms with E-state index in [1.165, 1.54) is 0 Å². The largest absolute Gasteiger partial charge is 0.379 e. The lowest BCUT2D eigenvalue weighted by Gasteiger charge is -2.26. The molecule has 30 heavy (non-hydrogen) atoms. The molecule has 156 valence electrons. The molecule has 7 heteroatoms. The van der Waals surface area contributed by atoms with Gasteiger partial charge in [0.2, 0.25) is 0 Å². The number of amides is 1. The standard InChI is InChI=1S/C23H23BrClN3O2/c24-17-4-7-19-21(15-17)27-20(8-3-16-1-5-18(25)6-2-16)22(19)23(29)26-9-10-28-11-13-30-14-12-28/h1-8,15,27H,9-14H2,(H,26,29). The average molecular weight is 489 g/mol. The predicted octanol–water partition coefficient (Wildman–Crippen LogP) is 4.82. The number of nitrogens with zero attached hydrogens (tertiary/aromatic N) is 1. The molecule has 2 N–H and O–H groups in total. The Labute approximate surface area is 189 Å². The molecule has 0 bridgehead atoms. The summed E-state index contributed by atoms with van der Waals surface area (Å²) in [5.74, 6) is -0.0763. The van der Waals surface area contributed by atoms with Crippen LogP contribution in [0, 0.1) is 0 Å². The van der Waals surface area contributed by atoms with E-state index in [9.17, 15) is 4.79 Å². The Morgan fingerprint density at radius 2 is 1.93 bits per heavy atom. The first kappa shape index (κ1) is 21.1. The molecule has 3 aromatic rings. The van der Waals surface area contributed by atoms with Crippen molar-refractivity contribution >= 4 is 56.5 Å². The molecule has 0 saturated carbocycles. The average Bonchev–Trinajstić information content (AvgIpc) is 3.11. The summed E-state index contributed by atoms with van der Waals surface area (Å²) in [5, 5.41) is 4.68. The van der Waals surface area contributed by atoms with Crippen molar-refractivity contribution in [3.8, 4) is 0 Å². The Kier molecular flexibility index (Phi) is 6.89. The van der Waals surface area contributed by atoms with E-state index in [2.05, 4.69) is 31.1 Å². The van der Waals surface area contributed by atoms with E-state index in [4.69, 9.17) is 16.3 Å². The van der Waals surface area contributed by atoms with Crippen LogP contribution in [0.3, 0.4) is 0 Å². The molecule has 4 rings (SSSR count). The zero-order valence-electron chi connectivity index (χ0n) is 16.5. The molecule has 1 aliphatic rings. The highest BCUT2D eigenvalue weighted by molar-refractivity contribution is 9.10. The molecule has 5 nitrogen and oxygen atoms in total. The van der Waals surface area contributed by atoms with E-state index in [1.54, 1.807) is 0 Å². The summed E-state index contributed by atoms with van der Waals surface area (Å²) in [6, 6.07) is 13.5. The SMILES string of the molecule is O=C(NCCN1CCOCC1)c1c(C=Cc2ccc(Cl)cc2)[nH]c2cc(Br)ccc12. The molecule has 1 aliphatic heterocycles. The maximum atomic E-state index is 13.1. The number of aromatic nitrogens is 1. The summed E-state index contributed by atoms with van der Waals surface area (Å²) in [6.07, 6.45) is 3.91. The number of halogens is 2. The molecule has 0 radical (unpaired) electrons. The van der Waals surface area contributed by atoms with Gasteiger partial charge in [-0.25, -0.2) is 0 Å². The van der Waals surface area contributed by atoms with Gasteiger partial charge in [-0.2, -0.15) is 0 Å². The molecule has 0 atom stereocenters. The molecule has 1 aromatic heterocycles. The first-order valence-corrected chi connectivity index (χ1v) is 11.1. The van der Waals surface area contributed by atoms with E-state index in [0.717, 1.165) is 59.5 Å². The van der Waals surface area contributed by atoms with Gasteiger partial charge in [-0.3, -0.25) is 9.69 Å². The Morgan fingerprint density at radius 3 is 2.70 bits per heavy atom. The number of aromatic amines is 1. The number of hydrogen-bond acceptors (Lipinski definition) is 3. The van der Waals surface area contributed by atoms with Crippen LogP contribution in [0.5, 0.6) is 0 Å². The fourth-order valence-corrected chi connectivity index (χ4v) is 4.04. The van der Waals surface area contributed by atoms with E-state index in [0.29, 0.717) is 17.1 Å². The van der Waals surface area contributed by atoms with Gasteiger partial charge >= 0.3 is 0 Å². The summed E-state index contributed by atoms with van der Waals surface area (Å²) in [6.45, 7) is 4.75. The van der Waals surface area contributed by atoms with Gasteiger partial charge < -0.3 is 15.0 Å². The third kappa shape index (κ3) is 5.13. The van der Waals surface area contributed by atoms with Crippen LogP contribution in [0.25, 0.3) is 23.1 Å². The van der Waals surface area contributed by atoms with Crippen LogP contribution in [-0.4, -0.2) is 55.2 Å². The van der Waals surface area contributed by atoms with Crippen molar-refractivity contribution in [1.29, 1.82) is 0 Å². The minimum atomic E-state index is -0.0763. The zero-order valence-corrected chi connectivity index (χ0v) is 18.8. The first-order chi connectivity index (χ1) is 14.6. The number of H-pyrrole nitrogens is 1. The second-order valence-electron chi connectivity index (χ2n) is 7.20. The molecular weight excluding hydrogens is 466 g/mol. The second kappa shape index (κ2) is 9.79. The molecule has 0 spiro atoms. The van der Waals surface area contributed by atoms with Crippen molar-refractivity contribution in [1.82, 2.24) is 15.2 Å². The van der Waals surface area contributed by atoms with Crippen LogP contribution in [0.15, 0.2) is 46.9 Å². The van der Waals surface area contributed by atoms with Crippen LogP contribution in [0.1, 0.15) is 21.6 Å². The van der Waals surface area contributed by atoms with Gasteiger partial charge in [0.25, 0.3) is 5.91 Å². The van der Waals surface area contributed by atoms with Crippen molar-refractivity contribution in [2.45, 2.75) is 0 Å². The Morgan fingerprint density at radius 1 is 1.17 bits per heavy atom. The van der Waals surface area contributed by atoms with Crippen LogP contribution < -0.4 is 5.32 Å². The van der Waals surface area contributed by atoms with Crippen LogP contribution in [0.4, 0.5) is 0 Å². The van der Waals surface area contributed by atoms with Crippen LogP contribution in [0.2, 0.25) is 5.02 Å². The molecule has 0 aliphatic carbocycles. The van der Waals surface area contributed by atoms with Gasteiger partial charge in [0.1, 0.15) is 0 Å². The van der Waals surface area contributed by atoms with Crippen LogP contribution in [-0.2, 0) is 4.74 Å². The Balaban J connectivity index is 1.55. The number of nitrogens with one attached hydrogen (secondary N) is 2. The fourth-order valence-electron chi connectivity index (χ4n) is 3.55. The number of hydrogen-bond donors (Lipinski definition) is 2. The summed E-state index contributed by atoms with van der Waals surface area (Å²) in [5.41, 5.74) is 3.36. The fraction of sp³-hybridized carbons (Fsp3) is 0.261. The highest BCUT2D eigenvalue weighted by Gasteiger charge is 2.18. The number of benzene rings is 2. The molecule has 0 unspecified atom stereocenters. The van der Waals surface area contributed by atoms with E-state index in [1.807, 2.05) is 54.6 Å². The number of morpholine rings is 1. The predicted molar refractivity (Wildman–Crippen MR) is 126 cm³/mol. The minimum absolute atomic E-state index is 0.0763.